The fourth-order valence-corrected chi connectivity index (χ4v) is 3.27. The van der Waals surface area contributed by atoms with E-state index in [9.17, 15) is 18.0 Å². The van der Waals surface area contributed by atoms with Crippen LogP contribution in [-0.4, -0.2) is 32.5 Å². The van der Waals surface area contributed by atoms with Gasteiger partial charge >= 0.3 is 0 Å². The molecule has 0 bridgehead atoms. The first-order chi connectivity index (χ1) is 13.6. The minimum Gasteiger partial charge on any atom is -0.340 e. The molecule has 0 aliphatic carbocycles. The van der Waals surface area contributed by atoms with Crippen LogP contribution in [-0.2, 0) is 14.8 Å². The van der Waals surface area contributed by atoms with Crippen LogP contribution in [0.15, 0.2) is 48.5 Å². The SMILES string of the molecule is CC[C@H](C)[C@@H](NC(=O)c1ccc(Cl)cc1)C(=O)Nc1ccc(NS(C)(=O)=O)cc1. The number of hydrogen-bond acceptors (Lipinski definition) is 4. The van der Waals surface area contributed by atoms with Crippen molar-refractivity contribution in [2.75, 3.05) is 16.3 Å². The van der Waals surface area contributed by atoms with E-state index in [2.05, 4.69) is 15.4 Å². The van der Waals surface area contributed by atoms with Crippen molar-refractivity contribution in [2.45, 2.75) is 26.3 Å². The van der Waals surface area contributed by atoms with Gasteiger partial charge in [0.2, 0.25) is 15.9 Å². The summed E-state index contributed by atoms with van der Waals surface area (Å²) in [6.07, 6.45) is 1.75. The second-order valence-electron chi connectivity index (χ2n) is 6.78. The van der Waals surface area contributed by atoms with E-state index in [1.165, 1.54) is 0 Å². The number of nitrogens with one attached hydrogen (secondary N) is 3. The number of carbonyl (C=O) groups is 2. The lowest BCUT2D eigenvalue weighted by atomic mass is 9.97. The molecule has 0 aromatic heterocycles. The van der Waals surface area contributed by atoms with Gasteiger partial charge in [0.05, 0.1) is 6.26 Å². The monoisotopic (exact) mass is 437 g/mol. The average molecular weight is 438 g/mol. The molecule has 0 saturated heterocycles. The summed E-state index contributed by atoms with van der Waals surface area (Å²) in [6.45, 7) is 3.82. The van der Waals surface area contributed by atoms with Gasteiger partial charge in [0, 0.05) is 22.0 Å². The van der Waals surface area contributed by atoms with Crippen molar-refractivity contribution in [1.29, 1.82) is 0 Å². The van der Waals surface area contributed by atoms with Gasteiger partial charge in [-0.15, -0.1) is 0 Å². The summed E-state index contributed by atoms with van der Waals surface area (Å²) in [6, 6.07) is 11.9. The Morgan fingerprint density at radius 1 is 1.00 bits per heavy atom. The summed E-state index contributed by atoms with van der Waals surface area (Å²) in [5.41, 5.74) is 1.29. The Labute approximate surface area is 175 Å². The lowest BCUT2D eigenvalue weighted by Gasteiger charge is -2.23. The maximum absolute atomic E-state index is 12.8. The molecule has 2 aromatic carbocycles. The van der Waals surface area contributed by atoms with E-state index in [1.54, 1.807) is 48.5 Å². The number of halogens is 1. The molecule has 0 unspecified atom stereocenters. The van der Waals surface area contributed by atoms with Gasteiger partial charge in [0.15, 0.2) is 0 Å². The molecule has 9 heteroatoms. The predicted molar refractivity (Wildman–Crippen MR) is 116 cm³/mol. The molecule has 3 N–H and O–H groups in total. The predicted octanol–water partition coefficient (Wildman–Crippen LogP) is 3.49. The van der Waals surface area contributed by atoms with E-state index < -0.39 is 16.1 Å². The van der Waals surface area contributed by atoms with E-state index in [4.69, 9.17) is 11.6 Å². The van der Waals surface area contributed by atoms with Crippen LogP contribution in [0.2, 0.25) is 5.02 Å². The molecule has 7 nitrogen and oxygen atoms in total. The molecule has 0 fully saturated rings. The third-order valence-corrected chi connectivity index (χ3v) is 5.20. The Kier molecular flexibility index (Phi) is 7.64. The maximum Gasteiger partial charge on any atom is 0.251 e. The smallest absolute Gasteiger partial charge is 0.251 e. The fourth-order valence-electron chi connectivity index (χ4n) is 2.58. The molecule has 2 aromatic rings. The molecule has 2 amide bonds. The third kappa shape index (κ3) is 7.07. The number of benzene rings is 2. The maximum atomic E-state index is 12.8. The molecule has 2 rings (SSSR count). The van der Waals surface area contributed by atoms with Crippen LogP contribution >= 0.6 is 11.6 Å². The minimum absolute atomic E-state index is 0.0996. The van der Waals surface area contributed by atoms with E-state index >= 15 is 0 Å². The van der Waals surface area contributed by atoms with Crippen LogP contribution in [0.3, 0.4) is 0 Å². The molecular formula is C20H24ClN3O4S. The number of amides is 2. The topological polar surface area (TPSA) is 104 Å². The van der Waals surface area contributed by atoms with Crippen LogP contribution in [0.5, 0.6) is 0 Å². The number of carbonyl (C=O) groups excluding carboxylic acids is 2. The summed E-state index contributed by atoms with van der Waals surface area (Å²) in [5.74, 6) is -0.822. The number of anilines is 2. The Bertz CT molecular complexity index is 960. The van der Waals surface area contributed by atoms with Crippen molar-refractivity contribution >= 4 is 44.8 Å². The summed E-state index contributed by atoms with van der Waals surface area (Å²) < 4.78 is 24.9. The first kappa shape index (κ1) is 22.7. The standard InChI is InChI=1S/C20H24ClN3O4S/c1-4-13(2)18(23-19(25)14-5-7-15(21)8-6-14)20(26)22-16-9-11-17(12-10-16)24-29(3,27)28/h5-13,18,24H,4H2,1-3H3,(H,22,26)(H,23,25)/t13-,18+/m0/s1. The molecule has 29 heavy (non-hydrogen) atoms. The fraction of sp³-hybridized carbons (Fsp3) is 0.300. The molecule has 0 radical (unpaired) electrons. The Hall–Kier alpha value is -2.58. The van der Waals surface area contributed by atoms with Crippen LogP contribution < -0.4 is 15.4 Å². The summed E-state index contributed by atoms with van der Waals surface area (Å²) >= 11 is 5.85. The summed E-state index contributed by atoms with van der Waals surface area (Å²) in [4.78, 5) is 25.3. The second kappa shape index (κ2) is 9.76. The van der Waals surface area contributed by atoms with Crippen molar-refractivity contribution in [1.82, 2.24) is 5.32 Å². The number of sulfonamides is 1. The van der Waals surface area contributed by atoms with Crippen LogP contribution in [0, 0.1) is 5.92 Å². The molecule has 0 spiro atoms. The van der Waals surface area contributed by atoms with Gasteiger partial charge in [-0.3, -0.25) is 14.3 Å². The molecule has 0 saturated carbocycles. The zero-order chi connectivity index (χ0) is 21.6. The highest BCUT2D eigenvalue weighted by molar-refractivity contribution is 7.92. The molecule has 156 valence electrons. The summed E-state index contributed by atoms with van der Waals surface area (Å²) in [5, 5.41) is 6.06. The van der Waals surface area contributed by atoms with Crippen molar-refractivity contribution < 1.29 is 18.0 Å². The first-order valence-corrected chi connectivity index (χ1v) is 11.3. The lowest BCUT2D eigenvalue weighted by molar-refractivity contribution is -0.119. The van der Waals surface area contributed by atoms with Crippen LogP contribution in [0.25, 0.3) is 0 Å². The minimum atomic E-state index is -3.38. The molecular weight excluding hydrogens is 414 g/mol. The van der Waals surface area contributed by atoms with Crippen molar-refractivity contribution in [3.63, 3.8) is 0 Å². The van der Waals surface area contributed by atoms with Crippen LogP contribution in [0.1, 0.15) is 30.6 Å². The second-order valence-corrected chi connectivity index (χ2v) is 8.97. The van der Waals surface area contributed by atoms with Crippen molar-refractivity contribution in [2.24, 2.45) is 5.92 Å². The van der Waals surface area contributed by atoms with E-state index in [0.29, 0.717) is 28.4 Å². The van der Waals surface area contributed by atoms with Crippen molar-refractivity contribution in [3.8, 4) is 0 Å². The quantitative estimate of drug-likeness (QED) is 0.587. The Morgan fingerprint density at radius 2 is 1.55 bits per heavy atom. The van der Waals surface area contributed by atoms with E-state index in [0.717, 1.165) is 6.26 Å². The van der Waals surface area contributed by atoms with Gasteiger partial charge in [0.25, 0.3) is 5.91 Å². The number of rotatable bonds is 8. The summed E-state index contributed by atoms with van der Waals surface area (Å²) in [7, 11) is -3.38. The molecule has 2 atom stereocenters. The average Bonchev–Trinajstić information content (AvgIpc) is 2.66. The lowest BCUT2D eigenvalue weighted by Crippen LogP contribution is -2.47. The largest absolute Gasteiger partial charge is 0.340 e. The molecule has 0 heterocycles. The van der Waals surface area contributed by atoms with Gasteiger partial charge in [-0.1, -0.05) is 31.9 Å². The van der Waals surface area contributed by atoms with Gasteiger partial charge in [-0.2, -0.15) is 0 Å². The van der Waals surface area contributed by atoms with E-state index in [1.807, 2.05) is 13.8 Å². The molecule has 0 aliphatic rings. The number of hydrogen-bond donors (Lipinski definition) is 3. The van der Waals surface area contributed by atoms with Crippen LogP contribution in [0.4, 0.5) is 11.4 Å². The van der Waals surface area contributed by atoms with Crippen molar-refractivity contribution in [3.05, 3.63) is 59.1 Å². The Morgan fingerprint density at radius 3 is 2.07 bits per heavy atom. The Balaban J connectivity index is 2.10. The highest BCUT2D eigenvalue weighted by Gasteiger charge is 2.26. The zero-order valence-corrected chi connectivity index (χ0v) is 18.0. The molecule has 0 aliphatic heterocycles. The highest BCUT2D eigenvalue weighted by atomic mass is 35.5. The van der Waals surface area contributed by atoms with Gasteiger partial charge in [-0.25, -0.2) is 8.42 Å². The highest BCUT2D eigenvalue weighted by Crippen LogP contribution is 2.17. The van der Waals surface area contributed by atoms with E-state index in [-0.39, 0.29) is 17.7 Å². The first-order valence-electron chi connectivity index (χ1n) is 9.04. The zero-order valence-electron chi connectivity index (χ0n) is 16.4. The third-order valence-electron chi connectivity index (χ3n) is 4.34. The normalized spacial score (nSPS) is 13.2. The van der Waals surface area contributed by atoms with Gasteiger partial charge < -0.3 is 10.6 Å². The van der Waals surface area contributed by atoms with Gasteiger partial charge in [-0.05, 0) is 54.4 Å². The van der Waals surface area contributed by atoms with Gasteiger partial charge in [0.1, 0.15) is 6.04 Å².